The van der Waals surface area contributed by atoms with E-state index >= 15 is 0 Å². The molecule has 0 aromatic heterocycles. The van der Waals surface area contributed by atoms with Crippen LogP contribution in [0.2, 0.25) is 0 Å². The molecule has 0 aliphatic heterocycles. The summed E-state index contributed by atoms with van der Waals surface area (Å²) < 4.78 is 0. The molecule has 1 atom stereocenters. The highest BCUT2D eigenvalue weighted by Crippen LogP contribution is 2.24. The third-order valence-electron chi connectivity index (χ3n) is 2.10. The van der Waals surface area contributed by atoms with Crippen molar-refractivity contribution in [2.45, 2.75) is 26.9 Å². The molecule has 65 valence electrons. The Labute approximate surface area is 74.1 Å². The molecule has 0 saturated heterocycles. The Kier molecular flexibility index (Phi) is 2.88. The zero-order chi connectivity index (χ0) is 9.14. The summed E-state index contributed by atoms with van der Waals surface area (Å²) in [6.07, 6.45) is -0.578. The molecule has 0 fully saturated rings. The van der Waals surface area contributed by atoms with Crippen LogP contribution in [0.3, 0.4) is 0 Å². The van der Waals surface area contributed by atoms with Crippen LogP contribution in [0.15, 0.2) is 24.3 Å². The molecule has 0 amide bonds. The van der Waals surface area contributed by atoms with Crippen molar-refractivity contribution >= 4 is 0 Å². The smallest absolute Gasteiger partial charge is 0.120 e. The fourth-order valence-electron chi connectivity index (χ4n) is 1.27. The monoisotopic (exact) mass is 163 g/mol. The SMILES string of the molecule is Cc1ccccc1C([O])C(C)C. The minimum absolute atomic E-state index is 0.172. The molecule has 0 heterocycles. The maximum Gasteiger partial charge on any atom is 0.120 e. The quantitative estimate of drug-likeness (QED) is 0.638. The van der Waals surface area contributed by atoms with Crippen molar-refractivity contribution in [3.63, 3.8) is 0 Å². The van der Waals surface area contributed by atoms with Gasteiger partial charge in [-0.05, 0) is 24.0 Å². The maximum absolute atomic E-state index is 11.6. The summed E-state index contributed by atoms with van der Waals surface area (Å²) in [5.74, 6) is 0.172. The molecule has 0 spiro atoms. The summed E-state index contributed by atoms with van der Waals surface area (Å²) in [6.45, 7) is 5.91. The van der Waals surface area contributed by atoms with Crippen LogP contribution >= 0.6 is 0 Å². The Morgan fingerprint density at radius 1 is 1.17 bits per heavy atom. The van der Waals surface area contributed by atoms with Crippen LogP contribution in [-0.2, 0) is 5.11 Å². The number of rotatable bonds is 2. The Bertz CT molecular complexity index is 253. The van der Waals surface area contributed by atoms with Gasteiger partial charge in [0.25, 0.3) is 0 Å². The van der Waals surface area contributed by atoms with Crippen LogP contribution in [-0.4, -0.2) is 0 Å². The lowest BCUT2D eigenvalue weighted by molar-refractivity contribution is 0.0483. The lowest BCUT2D eigenvalue weighted by Crippen LogP contribution is -2.05. The molecule has 12 heavy (non-hydrogen) atoms. The Balaban J connectivity index is 2.94. The molecule has 1 heteroatoms. The first kappa shape index (κ1) is 9.27. The molecule has 1 unspecified atom stereocenters. The second-order valence-corrected chi connectivity index (χ2v) is 3.52. The van der Waals surface area contributed by atoms with Crippen molar-refractivity contribution in [2.75, 3.05) is 0 Å². The molecule has 0 aliphatic carbocycles. The molecule has 1 aromatic rings. The van der Waals surface area contributed by atoms with Crippen molar-refractivity contribution in [1.29, 1.82) is 0 Å². The molecule has 1 aromatic carbocycles. The minimum atomic E-state index is -0.578. The second-order valence-electron chi connectivity index (χ2n) is 3.52. The van der Waals surface area contributed by atoms with Gasteiger partial charge in [0.1, 0.15) is 6.10 Å². The predicted molar refractivity (Wildman–Crippen MR) is 49.4 cm³/mol. The molecule has 0 aliphatic rings. The van der Waals surface area contributed by atoms with Gasteiger partial charge in [-0.25, -0.2) is 5.11 Å². The predicted octanol–water partition coefficient (Wildman–Crippen LogP) is 3.12. The molecular weight excluding hydrogens is 148 g/mol. The van der Waals surface area contributed by atoms with Gasteiger partial charge in [-0.15, -0.1) is 0 Å². The zero-order valence-electron chi connectivity index (χ0n) is 7.87. The van der Waals surface area contributed by atoms with Crippen molar-refractivity contribution in [3.05, 3.63) is 35.4 Å². The van der Waals surface area contributed by atoms with Crippen molar-refractivity contribution in [2.24, 2.45) is 5.92 Å². The van der Waals surface area contributed by atoms with E-state index in [4.69, 9.17) is 0 Å². The van der Waals surface area contributed by atoms with Crippen LogP contribution in [0.4, 0.5) is 0 Å². The minimum Gasteiger partial charge on any atom is -0.228 e. The Morgan fingerprint density at radius 2 is 1.75 bits per heavy atom. The van der Waals surface area contributed by atoms with Crippen LogP contribution in [0, 0.1) is 12.8 Å². The van der Waals surface area contributed by atoms with Gasteiger partial charge in [0, 0.05) is 0 Å². The van der Waals surface area contributed by atoms with Crippen molar-refractivity contribution in [1.82, 2.24) is 0 Å². The van der Waals surface area contributed by atoms with Crippen molar-refractivity contribution < 1.29 is 5.11 Å². The molecule has 1 radical (unpaired) electrons. The van der Waals surface area contributed by atoms with E-state index in [1.165, 1.54) is 0 Å². The van der Waals surface area contributed by atoms with E-state index in [-0.39, 0.29) is 5.92 Å². The number of aryl methyl sites for hydroxylation is 1. The second kappa shape index (κ2) is 3.72. The zero-order valence-corrected chi connectivity index (χ0v) is 7.87. The summed E-state index contributed by atoms with van der Waals surface area (Å²) in [5, 5.41) is 11.6. The van der Waals surface area contributed by atoms with Gasteiger partial charge in [-0.2, -0.15) is 0 Å². The molecule has 0 saturated carbocycles. The van der Waals surface area contributed by atoms with Crippen LogP contribution in [0.25, 0.3) is 0 Å². The van der Waals surface area contributed by atoms with Gasteiger partial charge in [0.05, 0.1) is 0 Å². The molecule has 1 rings (SSSR count). The van der Waals surface area contributed by atoms with E-state index < -0.39 is 6.10 Å². The van der Waals surface area contributed by atoms with E-state index in [1.54, 1.807) is 0 Å². The van der Waals surface area contributed by atoms with Gasteiger partial charge in [-0.3, -0.25) is 0 Å². The number of hydrogen-bond acceptors (Lipinski definition) is 0. The fraction of sp³-hybridized carbons (Fsp3) is 0.455. The first-order valence-corrected chi connectivity index (χ1v) is 4.34. The summed E-state index contributed by atoms with van der Waals surface area (Å²) in [7, 11) is 0. The largest absolute Gasteiger partial charge is 0.228 e. The van der Waals surface area contributed by atoms with Crippen LogP contribution in [0.5, 0.6) is 0 Å². The topological polar surface area (TPSA) is 19.9 Å². The van der Waals surface area contributed by atoms with Gasteiger partial charge in [0.15, 0.2) is 0 Å². The highest BCUT2D eigenvalue weighted by atomic mass is 16.3. The Morgan fingerprint density at radius 3 is 2.25 bits per heavy atom. The van der Waals surface area contributed by atoms with Gasteiger partial charge >= 0.3 is 0 Å². The standard InChI is InChI=1S/C11H15O/c1-8(2)11(12)10-7-5-4-6-9(10)3/h4-8,11H,1-3H3. The van der Waals surface area contributed by atoms with Gasteiger partial charge < -0.3 is 0 Å². The fourth-order valence-corrected chi connectivity index (χ4v) is 1.27. The third-order valence-corrected chi connectivity index (χ3v) is 2.10. The average Bonchev–Trinajstić information content (AvgIpc) is 2.04. The first-order chi connectivity index (χ1) is 5.63. The van der Waals surface area contributed by atoms with E-state index in [9.17, 15) is 5.11 Å². The van der Waals surface area contributed by atoms with E-state index in [0.29, 0.717) is 0 Å². The highest BCUT2D eigenvalue weighted by molar-refractivity contribution is 5.27. The first-order valence-electron chi connectivity index (χ1n) is 4.34. The summed E-state index contributed by atoms with van der Waals surface area (Å²) in [5.41, 5.74) is 2.04. The molecule has 0 bridgehead atoms. The van der Waals surface area contributed by atoms with Gasteiger partial charge in [0.2, 0.25) is 0 Å². The lowest BCUT2D eigenvalue weighted by Gasteiger charge is -2.14. The van der Waals surface area contributed by atoms with E-state index in [0.717, 1.165) is 11.1 Å². The lowest BCUT2D eigenvalue weighted by atomic mass is 9.96. The average molecular weight is 163 g/mol. The summed E-state index contributed by atoms with van der Waals surface area (Å²) in [4.78, 5) is 0. The normalized spacial score (nSPS) is 13.4. The van der Waals surface area contributed by atoms with Crippen molar-refractivity contribution in [3.8, 4) is 0 Å². The summed E-state index contributed by atoms with van der Waals surface area (Å²) in [6, 6.07) is 7.80. The van der Waals surface area contributed by atoms with Crippen LogP contribution < -0.4 is 0 Å². The number of benzene rings is 1. The summed E-state index contributed by atoms with van der Waals surface area (Å²) >= 11 is 0. The molecular formula is C11H15O. The maximum atomic E-state index is 11.6. The Hall–Kier alpha value is -0.820. The number of hydrogen-bond donors (Lipinski definition) is 0. The third kappa shape index (κ3) is 1.86. The van der Waals surface area contributed by atoms with E-state index in [2.05, 4.69) is 0 Å². The molecule has 0 N–H and O–H groups in total. The van der Waals surface area contributed by atoms with Crippen LogP contribution in [0.1, 0.15) is 31.1 Å². The van der Waals surface area contributed by atoms with Gasteiger partial charge in [-0.1, -0.05) is 38.1 Å². The highest BCUT2D eigenvalue weighted by Gasteiger charge is 2.14. The molecule has 1 nitrogen and oxygen atoms in total. The van der Waals surface area contributed by atoms with E-state index in [1.807, 2.05) is 45.0 Å².